The average Bonchev–Trinajstić information content (AvgIpc) is 3.39. The standard InChI is InChI=1S/C30H38N2O6/c1-30(2,3)24-15-27(38-28(16-24)35-19-22-6-4-21(18-33)5-7-22)29(34)32-12-10-31(11-13-32)17-23-8-9-25-26(14-23)37-20-36-25/h4-9,14-15,24,28,33H,10-13,16-20H2,1-3H3/t24-,28+/m1/s1. The maximum atomic E-state index is 13.5. The van der Waals surface area contributed by atoms with Gasteiger partial charge in [0.15, 0.2) is 17.3 Å². The van der Waals surface area contributed by atoms with Gasteiger partial charge in [0.2, 0.25) is 13.1 Å². The van der Waals surface area contributed by atoms with Crippen LogP contribution in [0, 0.1) is 11.3 Å². The van der Waals surface area contributed by atoms with Crippen LogP contribution in [-0.2, 0) is 34.0 Å². The van der Waals surface area contributed by atoms with Gasteiger partial charge in [0, 0.05) is 39.1 Å². The summed E-state index contributed by atoms with van der Waals surface area (Å²) < 4.78 is 23.2. The summed E-state index contributed by atoms with van der Waals surface area (Å²) >= 11 is 0. The van der Waals surface area contributed by atoms with Crippen LogP contribution in [0.3, 0.4) is 0 Å². The molecular weight excluding hydrogens is 484 g/mol. The fourth-order valence-corrected chi connectivity index (χ4v) is 5.01. The predicted octanol–water partition coefficient (Wildman–Crippen LogP) is 4.06. The Morgan fingerprint density at radius 3 is 2.37 bits per heavy atom. The molecule has 8 nitrogen and oxygen atoms in total. The van der Waals surface area contributed by atoms with Crippen molar-refractivity contribution in [1.29, 1.82) is 0 Å². The van der Waals surface area contributed by atoms with Gasteiger partial charge < -0.3 is 29.0 Å². The Labute approximate surface area is 224 Å². The van der Waals surface area contributed by atoms with Crippen LogP contribution >= 0.6 is 0 Å². The lowest BCUT2D eigenvalue weighted by Gasteiger charge is -2.39. The quantitative estimate of drug-likeness (QED) is 0.587. The number of fused-ring (bicyclic) bond motifs is 1. The number of carbonyl (C=O) groups excluding carboxylic acids is 1. The number of hydrogen-bond donors (Lipinski definition) is 1. The molecule has 2 atom stereocenters. The Kier molecular flexibility index (Phi) is 7.93. The number of aliphatic hydroxyl groups excluding tert-OH is 1. The zero-order valence-electron chi connectivity index (χ0n) is 22.5. The van der Waals surface area contributed by atoms with Gasteiger partial charge in [-0.1, -0.05) is 51.1 Å². The maximum Gasteiger partial charge on any atom is 0.288 e. The summed E-state index contributed by atoms with van der Waals surface area (Å²) in [6.07, 6.45) is 2.20. The zero-order chi connectivity index (χ0) is 26.7. The number of hydrogen-bond acceptors (Lipinski definition) is 7. The molecule has 0 saturated carbocycles. The summed E-state index contributed by atoms with van der Waals surface area (Å²) in [6.45, 7) is 10.9. The second-order valence-corrected chi connectivity index (χ2v) is 11.3. The van der Waals surface area contributed by atoms with Crippen LogP contribution < -0.4 is 9.47 Å². The minimum atomic E-state index is -0.493. The van der Waals surface area contributed by atoms with Gasteiger partial charge in [0.25, 0.3) is 5.91 Å². The third-order valence-electron chi connectivity index (χ3n) is 7.52. The molecule has 204 valence electrons. The smallest absolute Gasteiger partial charge is 0.288 e. The molecule has 0 aromatic heterocycles. The molecule has 3 heterocycles. The Morgan fingerprint density at radius 2 is 1.66 bits per heavy atom. The number of rotatable bonds is 7. The molecule has 0 aliphatic carbocycles. The van der Waals surface area contributed by atoms with Crippen LogP contribution in [0.1, 0.15) is 43.9 Å². The van der Waals surface area contributed by atoms with Crippen LogP contribution in [0.5, 0.6) is 11.5 Å². The second-order valence-electron chi connectivity index (χ2n) is 11.3. The molecule has 3 aliphatic heterocycles. The largest absolute Gasteiger partial charge is 0.459 e. The molecule has 0 unspecified atom stereocenters. The Bertz CT molecular complexity index is 1150. The average molecular weight is 523 g/mol. The van der Waals surface area contributed by atoms with Gasteiger partial charge in [-0.05, 0) is 46.2 Å². The predicted molar refractivity (Wildman–Crippen MR) is 142 cm³/mol. The number of allylic oxidation sites excluding steroid dienone is 1. The highest BCUT2D eigenvalue weighted by Gasteiger charge is 2.36. The van der Waals surface area contributed by atoms with E-state index in [2.05, 4.69) is 31.7 Å². The number of piperazine rings is 1. The van der Waals surface area contributed by atoms with E-state index in [9.17, 15) is 9.90 Å². The Hall–Kier alpha value is -3.07. The summed E-state index contributed by atoms with van der Waals surface area (Å²) in [4.78, 5) is 17.8. The van der Waals surface area contributed by atoms with E-state index in [1.54, 1.807) is 0 Å². The third kappa shape index (κ3) is 6.31. The monoisotopic (exact) mass is 522 g/mol. The highest BCUT2D eigenvalue weighted by atomic mass is 16.7. The lowest BCUT2D eigenvalue weighted by atomic mass is 9.77. The summed E-state index contributed by atoms with van der Waals surface area (Å²) in [6, 6.07) is 13.7. The lowest BCUT2D eigenvalue weighted by molar-refractivity contribution is -0.162. The van der Waals surface area contributed by atoms with Crippen molar-refractivity contribution >= 4 is 5.91 Å². The molecule has 0 radical (unpaired) electrons. The van der Waals surface area contributed by atoms with E-state index >= 15 is 0 Å². The van der Waals surface area contributed by atoms with Crippen molar-refractivity contribution in [3.63, 3.8) is 0 Å². The van der Waals surface area contributed by atoms with E-state index in [4.69, 9.17) is 18.9 Å². The molecule has 0 bridgehead atoms. The third-order valence-corrected chi connectivity index (χ3v) is 7.52. The van der Waals surface area contributed by atoms with Crippen molar-refractivity contribution in [2.45, 2.75) is 53.2 Å². The van der Waals surface area contributed by atoms with E-state index in [1.165, 1.54) is 5.56 Å². The fraction of sp³-hybridized carbons (Fsp3) is 0.500. The SMILES string of the molecule is CC(C)(C)[C@@H]1C=C(C(=O)N2CCN(Cc3ccc4c(c3)OCO4)CC2)O[C@H](OCc2ccc(CO)cc2)C1. The first-order valence-electron chi connectivity index (χ1n) is 13.4. The number of benzene rings is 2. The second kappa shape index (κ2) is 11.4. The van der Waals surface area contributed by atoms with Crippen molar-refractivity contribution < 1.29 is 28.8 Å². The first-order chi connectivity index (χ1) is 18.3. The van der Waals surface area contributed by atoms with E-state index in [0.29, 0.717) is 31.9 Å². The number of nitrogens with zero attached hydrogens (tertiary/aromatic N) is 2. The molecule has 38 heavy (non-hydrogen) atoms. The van der Waals surface area contributed by atoms with Crippen LogP contribution in [0.25, 0.3) is 0 Å². The van der Waals surface area contributed by atoms with Crippen LogP contribution in [0.4, 0.5) is 0 Å². The van der Waals surface area contributed by atoms with Crippen LogP contribution in [0.2, 0.25) is 0 Å². The fourth-order valence-electron chi connectivity index (χ4n) is 5.01. The highest BCUT2D eigenvalue weighted by molar-refractivity contribution is 5.91. The minimum Gasteiger partial charge on any atom is -0.459 e. The van der Waals surface area contributed by atoms with Gasteiger partial charge >= 0.3 is 0 Å². The number of aliphatic hydroxyl groups is 1. The van der Waals surface area contributed by atoms with Crippen molar-refractivity contribution in [3.05, 3.63) is 71.0 Å². The zero-order valence-corrected chi connectivity index (χ0v) is 22.5. The molecule has 1 N–H and O–H groups in total. The van der Waals surface area contributed by atoms with Gasteiger partial charge in [-0.15, -0.1) is 0 Å². The molecule has 8 heteroatoms. The summed E-state index contributed by atoms with van der Waals surface area (Å²) in [5.41, 5.74) is 3.01. The molecule has 1 saturated heterocycles. The first-order valence-corrected chi connectivity index (χ1v) is 13.4. The molecule has 0 spiro atoms. The van der Waals surface area contributed by atoms with E-state index in [0.717, 1.165) is 42.3 Å². The van der Waals surface area contributed by atoms with Crippen molar-refractivity contribution in [1.82, 2.24) is 9.80 Å². The summed E-state index contributed by atoms with van der Waals surface area (Å²) in [7, 11) is 0. The summed E-state index contributed by atoms with van der Waals surface area (Å²) in [5, 5.41) is 9.26. The molecule has 3 aliphatic rings. The lowest BCUT2D eigenvalue weighted by Crippen LogP contribution is -2.49. The Morgan fingerprint density at radius 1 is 0.974 bits per heavy atom. The highest BCUT2D eigenvalue weighted by Crippen LogP contribution is 2.37. The topological polar surface area (TPSA) is 80.7 Å². The van der Waals surface area contributed by atoms with Gasteiger partial charge in [0.1, 0.15) is 0 Å². The Balaban J connectivity index is 1.18. The maximum absolute atomic E-state index is 13.5. The summed E-state index contributed by atoms with van der Waals surface area (Å²) in [5.74, 6) is 2.07. The molecule has 5 rings (SSSR count). The van der Waals surface area contributed by atoms with Crippen molar-refractivity contribution in [2.75, 3.05) is 33.0 Å². The number of amides is 1. The normalized spacial score (nSPS) is 21.7. The molecule has 2 aromatic rings. The van der Waals surface area contributed by atoms with E-state index < -0.39 is 6.29 Å². The van der Waals surface area contributed by atoms with Crippen molar-refractivity contribution in [3.8, 4) is 11.5 Å². The van der Waals surface area contributed by atoms with Crippen molar-refractivity contribution in [2.24, 2.45) is 11.3 Å². The van der Waals surface area contributed by atoms with Crippen LogP contribution in [-0.4, -0.2) is 60.1 Å². The van der Waals surface area contributed by atoms with Gasteiger partial charge in [0.05, 0.1) is 13.2 Å². The first kappa shape index (κ1) is 26.5. The molecule has 1 amide bonds. The molecular formula is C30H38N2O6. The van der Waals surface area contributed by atoms with Crippen LogP contribution in [0.15, 0.2) is 54.3 Å². The minimum absolute atomic E-state index is 0.0169. The number of ether oxygens (including phenoxy) is 4. The molecule has 2 aromatic carbocycles. The van der Waals surface area contributed by atoms with Gasteiger partial charge in [-0.3, -0.25) is 9.69 Å². The molecule has 1 fully saturated rings. The van der Waals surface area contributed by atoms with E-state index in [-0.39, 0.29) is 30.6 Å². The van der Waals surface area contributed by atoms with E-state index in [1.807, 2.05) is 47.4 Å². The number of carbonyl (C=O) groups is 1. The van der Waals surface area contributed by atoms with Gasteiger partial charge in [-0.25, -0.2) is 0 Å². The van der Waals surface area contributed by atoms with Gasteiger partial charge in [-0.2, -0.15) is 0 Å².